The molecule has 0 aliphatic carbocycles. The van der Waals surface area contributed by atoms with Crippen molar-refractivity contribution in [1.82, 2.24) is 0 Å². The van der Waals surface area contributed by atoms with Crippen LogP contribution in [0.1, 0.15) is 6.42 Å². The van der Waals surface area contributed by atoms with Crippen LogP contribution in [0.5, 0.6) is 0 Å². The van der Waals surface area contributed by atoms with E-state index in [0.29, 0.717) is 99.1 Å². The molecule has 1 N–H and O–H groups in total. The summed E-state index contributed by atoms with van der Waals surface area (Å²) in [6.45, 7) is 7.92. The van der Waals surface area contributed by atoms with Gasteiger partial charge < -0.3 is 43.0 Å². The summed E-state index contributed by atoms with van der Waals surface area (Å²) >= 11 is 3.28. The second-order valence-electron chi connectivity index (χ2n) is 5.73. The molecule has 180 valence electrons. The molecule has 0 unspecified atom stereocenters. The number of halogens is 1. The number of carboxylic acid groups (broad SMARTS) is 1. The number of ether oxygens (including phenoxy) is 8. The van der Waals surface area contributed by atoms with Crippen LogP contribution in [-0.4, -0.2) is 122 Å². The SMILES string of the molecule is O=C(O)CCOCCOCCOCCOCCOCCOCCOCCOCCBr. The molecule has 30 heavy (non-hydrogen) atoms. The Balaban J connectivity index is 2.99. The van der Waals surface area contributed by atoms with Crippen molar-refractivity contribution in [1.29, 1.82) is 0 Å². The van der Waals surface area contributed by atoms with Gasteiger partial charge in [-0.15, -0.1) is 0 Å². The number of hydrogen-bond acceptors (Lipinski definition) is 9. The molecule has 11 heteroatoms. The molecule has 0 aliphatic rings. The van der Waals surface area contributed by atoms with Gasteiger partial charge in [0.25, 0.3) is 0 Å². The molecule has 0 spiro atoms. The Morgan fingerprint density at radius 2 is 0.700 bits per heavy atom. The Bertz CT molecular complexity index is 349. The van der Waals surface area contributed by atoms with Crippen LogP contribution in [0, 0.1) is 0 Å². The van der Waals surface area contributed by atoms with Gasteiger partial charge in [0.2, 0.25) is 0 Å². The normalized spacial score (nSPS) is 11.2. The predicted octanol–water partition coefficient (Wildman–Crippen LogP) is 0.989. The monoisotopic (exact) mass is 504 g/mol. The first kappa shape index (κ1) is 29.6. The fourth-order valence-electron chi connectivity index (χ4n) is 1.86. The molecule has 0 atom stereocenters. The number of carboxylic acids is 1. The first-order valence-corrected chi connectivity index (χ1v) is 11.3. The minimum absolute atomic E-state index is 0.00608. The van der Waals surface area contributed by atoms with E-state index in [1.807, 2.05) is 0 Å². The third-order valence-corrected chi connectivity index (χ3v) is 3.61. The van der Waals surface area contributed by atoms with Crippen LogP contribution in [0.2, 0.25) is 0 Å². The van der Waals surface area contributed by atoms with Gasteiger partial charge in [0.15, 0.2) is 0 Å². The highest BCUT2D eigenvalue weighted by Crippen LogP contribution is 1.87. The highest BCUT2D eigenvalue weighted by molar-refractivity contribution is 9.09. The molecule has 0 saturated carbocycles. The van der Waals surface area contributed by atoms with Gasteiger partial charge in [0.1, 0.15) is 0 Å². The second-order valence-corrected chi connectivity index (χ2v) is 6.52. The molecular weight excluding hydrogens is 468 g/mol. The molecule has 0 aromatic heterocycles. The van der Waals surface area contributed by atoms with E-state index in [2.05, 4.69) is 15.9 Å². The van der Waals surface area contributed by atoms with Gasteiger partial charge in [-0.1, -0.05) is 15.9 Å². The van der Waals surface area contributed by atoms with Crippen LogP contribution in [0.4, 0.5) is 0 Å². The Morgan fingerprint density at radius 3 is 0.933 bits per heavy atom. The highest BCUT2D eigenvalue weighted by Gasteiger charge is 1.97. The largest absolute Gasteiger partial charge is 0.481 e. The maximum Gasteiger partial charge on any atom is 0.305 e. The average molecular weight is 505 g/mol. The Labute approximate surface area is 187 Å². The zero-order valence-corrected chi connectivity index (χ0v) is 19.3. The summed E-state index contributed by atoms with van der Waals surface area (Å²) in [7, 11) is 0. The topological polar surface area (TPSA) is 111 Å². The number of aliphatic carboxylic acids is 1. The standard InChI is InChI=1S/C19H37BrO10/c20-2-4-24-6-8-26-10-12-28-14-16-30-18-17-29-15-13-27-11-9-25-7-5-23-3-1-19(21)22/h1-18H2,(H,21,22). The Hall–Kier alpha value is -0.370. The number of alkyl halides is 1. The van der Waals surface area contributed by atoms with Gasteiger partial charge in [0, 0.05) is 5.33 Å². The Morgan fingerprint density at radius 1 is 0.467 bits per heavy atom. The van der Waals surface area contributed by atoms with Crippen LogP contribution >= 0.6 is 15.9 Å². The lowest BCUT2D eigenvalue weighted by Gasteiger charge is -2.08. The van der Waals surface area contributed by atoms with E-state index in [1.165, 1.54) is 0 Å². The molecule has 0 saturated heterocycles. The van der Waals surface area contributed by atoms with Gasteiger partial charge in [-0.25, -0.2) is 0 Å². The van der Waals surface area contributed by atoms with Crippen LogP contribution in [0.15, 0.2) is 0 Å². The van der Waals surface area contributed by atoms with E-state index in [4.69, 9.17) is 43.0 Å². The lowest BCUT2D eigenvalue weighted by Crippen LogP contribution is -2.15. The fraction of sp³-hybridized carbons (Fsp3) is 0.947. The van der Waals surface area contributed by atoms with Crippen LogP contribution in [-0.2, 0) is 42.7 Å². The summed E-state index contributed by atoms with van der Waals surface area (Å²) in [6, 6.07) is 0. The molecule has 0 aliphatic heterocycles. The molecule has 0 aromatic carbocycles. The second kappa shape index (κ2) is 26.7. The minimum atomic E-state index is -0.868. The Kier molecular flexibility index (Phi) is 26.3. The van der Waals surface area contributed by atoms with Crippen molar-refractivity contribution in [2.75, 3.05) is 111 Å². The van der Waals surface area contributed by atoms with Crippen LogP contribution < -0.4 is 0 Å². The van der Waals surface area contributed by atoms with Crippen molar-refractivity contribution in [3.63, 3.8) is 0 Å². The van der Waals surface area contributed by atoms with Crippen molar-refractivity contribution in [3.05, 3.63) is 0 Å². The lowest BCUT2D eigenvalue weighted by atomic mass is 10.5. The predicted molar refractivity (Wildman–Crippen MR) is 113 cm³/mol. The molecular formula is C19H37BrO10. The zero-order valence-electron chi connectivity index (χ0n) is 17.7. The van der Waals surface area contributed by atoms with E-state index in [0.717, 1.165) is 5.33 Å². The van der Waals surface area contributed by atoms with Crippen molar-refractivity contribution in [2.45, 2.75) is 6.42 Å². The number of carbonyl (C=O) groups is 1. The molecule has 0 amide bonds. The van der Waals surface area contributed by atoms with Gasteiger partial charge in [0.05, 0.1) is 112 Å². The van der Waals surface area contributed by atoms with E-state index in [1.54, 1.807) is 0 Å². The molecule has 0 heterocycles. The summed E-state index contributed by atoms with van der Waals surface area (Å²) in [6.07, 6.45) is 0.00608. The first-order chi connectivity index (χ1) is 14.8. The summed E-state index contributed by atoms with van der Waals surface area (Å²) < 4.78 is 42.5. The van der Waals surface area contributed by atoms with Gasteiger partial charge >= 0.3 is 5.97 Å². The summed E-state index contributed by atoms with van der Waals surface area (Å²) in [4.78, 5) is 10.3. The quantitative estimate of drug-likeness (QED) is 0.135. The number of hydrogen-bond donors (Lipinski definition) is 1. The highest BCUT2D eigenvalue weighted by atomic mass is 79.9. The zero-order chi connectivity index (χ0) is 22.0. The van der Waals surface area contributed by atoms with Gasteiger partial charge in [-0.3, -0.25) is 4.79 Å². The molecule has 10 nitrogen and oxygen atoms in total. The van der Waals surface area contributed by atoms with E-state index < -0.39 is 5.97 Å². The van der Waals surface area contributed by atoms with Crippen molar-refractivity contribution >= 4 is 21.9 Å². The molecule has 0 radical (unpaired) electrons. The molecule has 0 bridgehead atoms. The van der Waals surface area contributed by atoms with Gasteiger partial charge in [-0.05, 0) is 0 Å². The summed E-state index contributed by atoms with van der Waals surface area (Å²) in [5.41, 5.74) is 0. The average Bonchev–Trinajstić information content (AvgIpc) is 2.73. The van der Waals surface area contributed by atoms with Crippen molar-refractivity contribution < 1.29 is 47.8 Å². The maximum atomic E-state index is 10.3. The summed E-state index contributed by atoms with van der Waals surface area (Å²) in [5, 5.41) is 9.27. The van der Waals surface area contributed by atoms with E-state index in [9.17, 15) is 4.79 Å². The van der Waals surface area contributed by atoms with Crippen LogP contribution in [0.25, 0.3) is 0 Å². The lowest BCUT2D eigenvalue weighted by molar-refractivity contribution is -0.138. The van der Waals surface area contributed by atoms with Crippen molar-refractivity contribution in [3.8, 4) is 0 Å². The first-order valence-electron chi connectivity index (χ1n) is 10.2. The summed E-state index contributed by atoms with van der Waals surface area (Å²) in [5.74, 6) is -0.868. The fourth-order valence-corrected chi connectivity index (χ4v) is 2.08. The third-order valence-electron chi connectivity index (χ3n) is 3.29. The van der Waals surface area contributed by atoms with Crippen LogP contribution in [0.3, 0.4) is 0 Å². The van der Waals surface area contributed by atoms with E-state index in [-0.39, 0.29) is 13.0 Å². The molecule has 0 aromatic rings. The molecule has 0 rings (SSSR count). The van der Waals surface area contributed by atoms with Crippen molar-refractivity contribution in [2.24, 2.45) is 0 Å². The maximum absolute atomic E-state index is 10.3. The number of rotatable bonds is 26. The smallest absolute Gasteiger partial charge is 0.305 e. The van der Waals surface area contributed by atoms with E-state index >= 15 is 0 Å². The third kappa shape index (κ3) is 27.6. The molecule has 0 fully saturated rings. The van der Waals surface area contributed by atoms with Gasteiger partial charge in [-0.2, -0.15) is 0 Å². The minimum Gasteiger partial charge on any atom is -0.481 e.